The lowest BCUT2D eigenvalue weighted by Crippen LogP contribution is -2.30. The lowest BCUT2D eigenvalue weighted by atomic mass is 10.0. The molecule has 1 atom stereocenters. The Balaban J connectivity index is 4.27. The van der Waals surface area contributed by atoms with Gasteiger partial charge in [0.25, 0.3) is 0 Å². The standard InChI is InChI=1S/C52H100O6/c1-6-7-8-9-10-11-12-13-17-20-23-26-32-37-42-50(53)56-45-49(46-57-51(54)43-38-33-29-28-31-36-41-48(4)5)58-52(55)44-39-34-27-24-21-18-15-14-16-19-22-25-30-35-40-47(2)3/h47-49H,6-46H2,1-5H3/t49-/m0/s1. The zero-order valence-electron chi connectivity index (χ0n) is 39.7. The fourth-order valence-electron chi connectivity index (χ4n) is 7.81. The molecule has 0 amide bonds. The first-order chi connectivity index (χ1) is 28.2. The summed E-state index contributed by atoms with van der Waals surface area (Å²) in [6.45, 7) is 11.3. The minimum Gasteiger partial charge on any atom is -0.462 e. The van der Waals surface area contributed by atoms with Gasteiger partial charge in [0.15, 0.2) is 6.10 Å². The molecule has 0 rings (SSSR count). The summed E-state index contributed by atoms with van der Waals surface area (Å²) in [5.41, 5.74) is 0. The van der Waals surface area contributed by atoms with Crippen molar-refractivity contribution in [3.8, 4) is 0 Å². The van der Waals surface area contributed by atoms with Crippen molar-refractivity contribution in [2.24, 2.45) is 11.8 Å². The summed E-state index contributed by atoms with van der Waals surface area (Å²) in [6, 6.07) is 0. The zero-order chi connectivity index (χ0) is 42.6. The minimum atomic E-state index is -0.762. The van der Waals surface area contributed by atoms with Crippen LogP contribution in [0.1, 0.15) is 285 Å². The van der Waals surface area contributed by atoms with Gasteiger partial charge in [-0.15, -0.1) is 0 Å². The van der Waals surface area contributed by atoms with Crippen LogP contribution in [0.25, 0.3) is 0 Å². The van der Waals surface area contributed by atoms with Gasteiger partial charge in [0.2, 0.25) is 0 Å². The molecule has 0 radical (unpaired) electrons. The second kappa shape index (κ2) is 44.9. The molecular weight excluding hydrogens is 721 g/mol. The first kappa shape index (κ1) is 56.4. The first-order valence-corrected chi connectivity index (χ1v) is 25.7. The molecule has 0 saturated carbocycles. The van der Waals surface area contributed by atoms with Crippen LogP contribution in [0, 0.1) is 11.8 Å². The minimum absolute atomic E-state index is 0.0644. The van der Waals surface area contributed by atoms with E-state index in [0.717, 1.165) is 69.6 Å². The number of rotatable bonds is 46. The van der Waals surface area contributed by atoms with Gasteiger partial charge in [0.1, 0.15) is 13.2 Å². The van der Waals surface area contributed by atoms with Crippen molar-refractivity contribution in [1.82, 2.24) is 0 Å². The molecule has 344 valence electrons. The quantitative estimate of drug-likeness (QED) is 0.0346. The number of carbonyl (C=O) groups excluding carboxylic acids is 3. The highest BCUT2D eigenvalue weighted by molar-refractivity contribution is 5.71. The van der Waals surface area contributed by atoms with Gasteiger partial charge in [0, 0.05) is 19.3 Å². The van der Waals surface area contributed by atoms with Crippen LogP contribution in [0.4, 0.5) is 0 Å². The number of hydrogen-bond acceptors (Lipinski definition) is 6. The lowest BCUT2D eigenvalue weighted by molar-refractivity contribution is -0.167. The molecule has 0 unspecified atom stereocenters. The molecule has 0 saturated heterocycles. The van der Waals surface area contributed by atoms with Gasteiger partial charge >= 0.3 is 17.9 Å². The Morgan fingerprint density at radius 3 is 0.845 bits per heavy atom. The topological polar surface area (TPSA) is 78.9 Å². The van der Waals surface area contributed by atoms with E-state index in [1.807, 2.05) is 0 Å². The van der Waals surface area contributed by atoms with E-state index in [0.29, 0.717) is 19.3 Å². The molecule has 0 aliphatic carbocycles. The summed E-state index contributed by atoms with van der Waals surface area (Å²) in [6.07, 6.45) is 45.3. The maximum absolute atomic E-state index is 12.8. The number of ether oxygens (including phenoxy) is 3. The Bertz CT molecular complexity index is 885. The summed E-state index contributed by atoms with van der Waals surface area (Å²) in [7, 11) is 0. The molecule has 0 bridgehead atoms. The van der Waals surface area contributed by atoms with E-state index in [4.69, 9.17) is 14.2 Å². The van der Waals surface area contributed by atoms with Crippen molar-refractivity contribution >= 4 is 17.9 Å². The third-order valence-electron chi connectivity index (χ3n) is 11.7. The monoisotopic (exact) mass is 821 g/mol. The lowest BCUT2D eigenvalue weighted by Gasteiger charge is -2.18. The molecule has 0 heterocycles. The summed E-state index contributed by atoms with van der Waals surface area (Å²) in [5, 5.41) is 0. The van der Waals surface area contributed by atoms with Crippen LogP contribution >= 0.6 is 0 Å². The van der Waals surface area contributed by atoms with Crippen molar-refractivity contribution in [2.75, 3.05) is 13.2 Å². The van der Waals surface area contributed by atoms with Gasteiger partial charge < -0.3 is 14.2 Å². The first-order valence-electron chi connectivity index (χ1n) is 25.7. The highest BCUT2D eigenvalue weighted by Gasteiger charge is 2.19. The number of hydrogen-bond donors (Lipinski definition) is 0. The predicted molar refractivity (Wildman–Crippen MR) is 247 cm³/mol. The summed E-state index contributed by atoms with van der Waals surface area (Å²) in [4.78, 5) is 37.9. The summed E-state index contributed by atoms with van der Waals surface area (Å²) in [5.74, 6) is 0.754. The second-order valence-electron chi connectivity index (χ2n) is 18.8. The molecule has 58 heavy (non-hydrogen) atoms. The Labute approximate surface area is 361 Å². The fraction of sp³-hybridized carbons (Fsp3) is 0.942. The Morgan fingerprint density at radius 1 is 0.328 bits per heavy atom. The van der Waals surface area contributed by atoms with Crippen LogP contribution in [-0.4, -0.2) is 37.2 Å². The van der Waals surface area contributed by atoms with Crippen LogP contribution in [-0.2, 0) is 28.6 Å². The molecule has 0 aliphatic heterocycles. The highest BCUT2D eigenvalue weighted by Crippen LogP contribution is 2.17. The second-order valence-corrected chi connectivity index (χ2v) is 18.8. The van der Waals surface area contributed by atoms with Gasteiger partial charge in [-0.05, 0) is 31.1 Å². The number of unbranched alkanes of at least 4 members (excludes halogenated alkanes) is 31. The maximum atomic E-state index is 12.8. The van der Waals surface area contributed by atoms with Crippen molar-refractivity contribution in [1.29, 1.82) is 0 Å². The summed E-state index contributed by atoms with van der Waals surface area (Å²) < 4.78 is 16.8. The molecule has 0 aromatic carbocycles. The molecule has 0 spiro atoms. The molecule has 0 aromatic heterocycles. The van der Waals surface area contributed by atoms with Crippen molar-refractivity contribution < 1.29 is 28.6 Å². The molecule has 0 fully saturated rings. The number of esters is 3. The maximum Gasteiger partial charge on any atom is 0.306 e. The Morgan fingerprint density at radius 2 is 0.569 bits per heavy atom. The molecule has 0 aromatic rings. The molecule has 0 N–H and O–H groups in total. The van der Waals surface area contributed by atoms with Crippen LogP contribution < -0.4 is 0 Å². The average molecular weight is 821 g/mol. The van der Waals surface area contributed by atoms with Crippen LogP contribution in [0.5, 0.6) is 0 Å². The predicted octanol–water partition coefficient (Wildman–Crippen LogP) is 16.5. The van der Waals surface area contributed by atoms with Crippen LogP contribution in [0.15, 0.2) is 0 Å². The molecule has 6 heteroatoms. The zero-order valence-corrected chi connectivity index (χ0v) is 39.7. The van der Waals surface area contributed by atoms with Crippen LogP contribution in [0.2, 0.25) is 0 Å². The van der Waals surface area contributed by atoms with Gasteiger partial charge in [-0.25, -0.2) is 0 Å². The molecular formula is C52H100O6. The Hall–Kier alpha value is -1.59. The largest absolute Gasteiger partial charge is 0.462 e. The van der Waals surface area contributed by atoms with Crippen molar-refractivity contribution in [2.45, 2.75) is 291 Å². The van der Waals surface area contributed by atoms with Crippen molar-refractivity contribution in [3.63, 3.8) is 0 Å². The number of carbonyl (C=O) groups is 3. The molecule has 0 aliphatic rings. The van der Waals surface area contributed by atoms with Gasteiger partial charge in [0.05, 0.1) is 0 Å². The molecule has 6 nitrogen and oxygen atoms in total. The third kappa shape index (κ3) is 45.5. The van der Waals surface area contributed by atoms with E-state index in [2.05, 4.69) is 34.6 Å². The van der Waals surface area contributed by atoms with E-state index in [9.17, 15) is 14.4 Å². The van der Waals surface area contributed by atoms with Gasteiger partial charge in [-0.3, -0.25) is 14.4 Å². The highest BCUT2D eigenvalue weighted by atomic mass is 16.6. The van der Waals surface area contributed by atoms with E-state index in [-0.39, 0.29) is 31.1 Å². The normalized spacial score (nSPS) is 12.1. The Kier molecular flexibility index (Phi) is 43.7. The van der Waals surface area contributed by atoms with Gasteiger partial charge in [-0.1, -0.05) is 247 Å². The fourth-order valence-corrected chi connectivity index (χ4v) is 7.81. The van der Waals surface area contributed by atoms with E-state index in [1.54, 1.807) is 0 Å². The van der Waals surface area contributed by atoms with Crippen molar-refractivity contribution in [3.05, 3.63) is 0 Å². The van der Waals surface area contributed by atoms with E-state index in [1.165, 1.54) is 173 Å². The van der Waals surface area contributed by atoms with Gasteiger partial charge in [-0.2, -0.15) is 0 Å². The van der Waals surface area contributed by atoms with Crippen LogP contribution in [0.3, 0.4) is 0 Å². The smallest absolute Gasteiger partial charge is 0.306 e. The van der Waals surface area contributed by atoms with E-state index < -0.39 is 6.10 Å². The SMILES string of the molecule is CCCCCCCCCCCCCCCCC(=O)OC[C@@H](COC(=O)CCCCCCCCC(C)C)OC(=O)CCCCCCCCCCCCCCCCC(C)C. The van der Waals surface area contributed by atoms with E-state index >= 15 is 0 Å². The summed E-state index contributed by atoms with van der Waals surface area (Å²) >= 11 is 0. The average Bonchev–Trinajstić information content (AvgIpc) is 3.19. The third-order valence-corrected chi connectivity index (χ3v) is 11.7.